The zero-order valence-electron chi connectivity index (χ0n) is 19.8. The zero-order chi connectivity index (χ0) is 25.8. The summed E-state index contributed by atoms with van der Waals surface area (Å²) in [5.41, 5.74) is 9.83. The molecule has 1 heterocycles. The normalized spacial score (nSPS) is 17.9. The molecule has 2 unspecified atom stereocenters. The number of ketones is 1. The van der Waals surface area contributed by atoms with Gasteiger partial charge >= 0.3 is 0 Å². The van der Waals surface area contributed by atoms with Crippen molar-refractivity contribution < 1.29 is 14.3 Å². The second kappa shape index (κ2) is 11.1. The Hall–Kier alpha value is -3.39. The van der Waals surface area contributed by atoms with Gasteiger partial charge in [-0.25, -0.2) is 0 Å². The minimum atomic E-state index is -0.920. The maximum absolute atomic E-state index is 13.5. The van der Waals surface area contributed by atoms with Gasteiger partial charge in [0.2, 0.25) is 0 Å². The Kier molecular flexibility index (Phi) is 7.94. The average molecular weight is 525 g/mol. The number of Topliss-reactive ketones (excluding diaryl/α,β-unsaturated/α-hetero) is 1. The smallest absolute Gasteiger partial charge is 0.258 e. The first-order chi connectivity index (χ1) is 17.3. The molecular formula is C27H26Cl2N4O3. The predicted octanol–water partition coefficient (Wildman–Crippen LogP) is 4.09. The molecule has 186 valence electrons. The third-order valence-corrected chi connectivity index (χ3v) is 6.80. The molecule has 4 rings (SSSR count). The Labute approximate surface area is 219 Å². The van der Waals surface area contributed by atoms with Crippen LogP contribution in [0.3, 0.4) is 0 Å². The summed E-state index contributed by atoms with van der Waals surface area (Å²) in [5, 5.41) is 3.21. The van der Waals surface area contributed by atoms with Gasteiger partial charge in [0.05, 0.1) is 16.8 Å². The van der Waals surface area contributed by atoms with Gasteiger partial charge in [0, 0.05) is 23.9 Å². The van der Waals surface area contributed by atoms with E-state index < -0.39 is 24.2 Å². The summed E-state index contributed by atoms with van der Waals surface area (Å²) in [6.07, 6.45) is -0.735. The highest BCUT2D eigenvalue weighted by Gasteiger charge is 2.36. The second-order valence-electron chi connectivity index (χ2n) is 8.44. The van der Waals surface area contributed by atoms with E-state index in [-0.39, 0.29) is 23.2 Å². The summed E-state index contributed by atoms with van der Waals surface area (Å²) in [6, 6.07) is 20.5. The highest BCUT2D eigenvalue weighted by molar-refractivity contribution is 6.42. The molecule has 36 heavy (non-hydrogen) atoms. The molecule has 3 N–H and O–H groups in total. The van der Waals surface area contributed by atoms with Crippen molar-refractivity contribution in [2.45, 2.75) is 25.2 Å². The monoisotopic (exact) mass is 524 g/mol. The molecule has 9 heteroatoms. The van der Waals surface area contributed by atoms with Gasteiger partial charge in [0.1, 0.15) is 23.0 Å². The van der Waals surface area contributed by atoms with Crippen LogP contribution in [0, 0.1) is 0 Å². The van der Waals surface area contributed by atoms with Gasteiger partial charge in [-0.15, -0.1) is 0 Å². The van der Waals surface area contributed by atoms with Crippen LogP contribution < -0.4 is 20.7 Å². The largest absolute Gasteiger partial charge is 0.482 e. The van der Waals surface area contributed by atoms with E-state index in [1.165, 1.54) is 0 Å². The summed E-state index contributed by atoms with van der Waals surface area (Å²) in [7, 11) is 1.83. The summed E-state index contributed by atoms with van der Waals surface area (Å²) in [5.74, 6) is -0.525. The van der Waals surface area contributed by atoms with Gasteiger partial charge in [-0.05, 0) is 25.1 Å². The Balaban J connectivity index is 1.55. The number of rotatable bonds is 7. The molecule has 1 amide bonds. The topological polar surface area (TPSA) is 97.0 Å². The number of likely N-dealkylation sites (N-methyl/N-ethyl adjacent to an activating group) is 1. The number of nitrogens with zero attached hydrogens (tertiary/aromatic N) is 2. The summed E-state index contributed by atoms with van der Waals surface area (Å²) in [4.78, 5) is 32.8. The number of carbonyl (C=O) groups is 2. The van der Waals surface area contributed by atoms with Crippen LogP contribution in [-0.2, 0) is 9.59 Å². The van der Waals surface area contributed by atoms with Crippen molar-refractivity contribution in [1.82, 2.24) is 5.32 Å². The molecule has 3 aromatic carbocycles. The van der Waals surface area contributed by atoms with Crippen molar-refractivity contribution in [2.24, 2.45) is 10.7 Å². The van der Waals surface area contributed by atoms with E-state index in [4.69, 9.17) is 38.7 Å². The number of nitrogens with one attached hydrogen (secondary N) is 1. The third-order valence-electron chi connectivity index (χ3n) is 6.00. The number of anilines is 1. The van der Waals surface area contributed by atoms with E-state index in [1.807, 2.05) is 66.5 Å². The van der Waals surface area contributed by atoms with Gasteiger partial charge in [0.25, 0.3) is 5.91 Å². The molecule has 0 aliphatic carbocycles. The summed E-state index contributed by atoms with van der Waals surface area (Å²) >= 11 is 12.1. The van der Waals surface area contributed by atoms with E-state index in [9.17, 15) is 9.59 Å². The van der Waals surface area contributed by atoms with E-state index >= 15 is 0 Å². The van der Waals surface area contributed by atoms with Gasteiger partial charge in [0.15, 0.2) is 12.4 Å². The molecule has 0 bridgehead atoms. The lowest BCUT2D eigenvalue weighted by Gasteiger charge is -2.30. The van der Waals surface area contributed by atoms with Gasteiger partial charge in [-0.3, -0.25) is 14.6 Å². The standard InChI is InChI=1S/C27H26Cl2N4O3/c1-16(31-22(34)15-36-21-14-8-12-19(28)23(21)29)26(35)25-27(30)33(2)20-13-7-6-11-18(20)24(32-25)17-9-4-3-5-10-17/h3-14,16,25,27H,15,30H2,1-2H3,(H,31,34)/t16?,25?,27-/m0/s1. The first kappa shape index (κ1) is 25.7. The Morgan fingerprint density at radius 1 is 1.06 bits per heavy atom. The lowest BCUT2D eigenvalue weighted by molar-refractivity contribution is -0.129. The quantitative estimate of drug-likeness (QED) is 0.485. The van der Waals surface area contributed by atoms with Crippen LogP contribution in [-0.4, -0.2) is 49.3 Å². The maximum Gasteiger partial charge on any atom is 0.258 e. The number of benzene rings is 3. The van der Waals surface area contributed by atoms with Crippen LogP contribution in [0.5, 0.6) is 5.75 Å². The summed E-state index contributed by atoms with van der Waals surface area (Å²) in [6.45, 7) is 1.27. The molecule has 0 fully saturated rings. The molecule has 0 spiro atoms. The number of halogens is 2. The van der Waals surface area contributed by atoms with Crippen molar-refractivity contribution in [3.63, 3.8) is 0 Å². The van der Waals surface area contributed by atoms with Crippen molar-refractivity contribution in [2.75, 3.05) is 18.6 Å². The number of hydrogen-bond donors (Lipinski definition) is 2. The molecular weight excluding hydrogens is 499 g/mol. The SMILES string of the molecule is CC(NC(=O)COc1cccc(Cl)c1Cl)C(=O)C1N=C(c2ccccc2)c2ccccc2N(C)[C@@H]1N. The van der Waals surface area contributed by atoms with E-state index in [1.54, 1.807) is 25.1 Å². The molecule has 0 saturated carbocycles. The van der Waals surface area contributed by atoms with Crippen molar-refractivity contribution in [3.05, 3.63) is 94.0 Å². The molecule has 1 aliphatic heterocycles. The fourth-order valence-corrected chi connectivity index (χ4v) is 4.39. The number of benzodiazepines with no additional fused rings is 1. The fraction of sp³-hybridized carbons (Fsp3) is 0.222. The highest BCUT2D eigenvalue weighted by atomic mass is 35.5. The van der Waals surface area contributed by atoms with Crippen LogP contribution in [0.4, 0.5) is 5.69 Å². The third kappa shape index (κ3) is 5.38. The molecule has 0 aromatic heterocycles. The lowest BCUT2D eigenvalue weighted by atomic mass is 10.00. The number of para-hydroxylation sites is 1. The lowest BCUT2D eigenvalue weighted by Crippen LogP contribution is -2.55. The second-order valence-corrected chi connectivity index (χ2v) is 9.22. The first-order valence-electron chi connectivity index (χ1n) is 11.4. The number of hydrogen-bond acceptors (Lipinski definition) is 6. The van der Waals surface area contributed by atoms with Gasteiger partial charge < -0.3 is 20.7 Å². The molecule has 1 aliphatic rings. The number of fused-ring (bicyclic) bond motifs is 1. The Morgan fingerprint density at radius 3 is 2.50 bits per heavy atom. The van der Waals surface area contributed by atoms with Crippen LogP contribution in [0.15, 0.2) is 77.8 Å². The number of amides is 1. The predicted molar refractivity (Wildman–Crippen MR) is 143 cm³/mol. The zero-order valence-corrected chi connectivity index (χ0v) is 21.3. The highest BCUT2D eigenvalue weighted by Crippen LogP contribution is 2.31. The van der Waals surface area contributed by atoms with Crippen molar-refractivity contribution >= 4 is 46.3 Å². The molecule has 0 saturated heterocycles. The van der Waals surface area contributed by atoms with Crippen LogP contribution in [0.25, 0.3) is 0 Å². The van der Waals surface area contributed by atoms with Crippen LogP contribution in [0.2, 0.25) is 10.0 Å². The van der Waals surface area contributed by atoms with E-state index in [2.05, 4.69) is 5.32 Å². The first-order valence-corrected chi connectivity index (χ1v) is 12.1. The molecule has 7 nitrogen and oxygen atoms in total. The maximum atomic E-state index is 13.5. The number of carbonyl (C=O) groups excluding carboxylic acids is 2. The van der Waals surface area contributed by atoms with E-state index in [0.29, 0.717) is 10.7 Å². The fourth-order valence-electron chi connectivity index (χ4n) is 4.05. The van der Waals surface area contributed by atoms with Gasteiger partial charge in [-0.2, -0.15) is 0 Å². The molecule has 3 atom stereocenters. The Bertz CT molecular complexity index is 1300. The van der Waals surface area contributed by atoms with Crippen molar-refractivity contribution in [1.29, 1.82) is 0 Å². The van der Waals surface area contributed by atoms with Crippen molar-refractivity contribution in [3.8, 4) is 5.75 Å². The molecule has 0 radical (unpaired) electrons. The summed E-state index contributed by atoms with van der Waals surface area (Å²) < 4.78 is 5.48. The number of aliphatic imine (C=N–C) groups is 1. The van der Waals surface area contributed by atoms with Crippen LogP contribution in [0.1, 0.15) is 18.1 Å². The van der Waals surface area contributed by atoms with Crippen LogP contribution >= 0.6 is 23.2 Å². The Morgan fingerprint density at radius 2 is 1.75 bits per heavy atom. The minimum Gasteiger partial charge on any atom is -0.482 e. The van der Waals surface area contributed by atoms with E-state index in [0.717, 1.165) is 16.8 Å². The number of nitrogens with two attached hydrogens (primary N) is 1. The van der Waals surface area contributed by atoms with Gasteiger partial charge in [-0.1, -0.05) is 77.8 Å². The number of ether oxygens (including phenoxy) is 1. The minimum absolute atomic E-state index is 0.214. The average Bonchev–Trinajstić information content (AvgIpc) is 3.00. The molecule has 3 aromatic rings.